The Morgan fingerprint density at radius 3 is 1.63 bits per heavy atom. The summed E-state index contributed by atoms with van der Waals surface area (Å²) in [7, 11) is -7.16. The van der Waals surface area contributed by atoms with Crippen LogP contribution in [0, 0.1) is 10.8 Å². The molecule has 2 heterocycles. The summed E-state index contributed by atoms with van der Waals surface area (Å²) in [5.41, 5.74) is 15.4. The van der Waals surface area contributed by atoms with Crippen molar-refractivity contribution in [1.82, 2.24) is 0 Å². The minimum absolute atomic E-state index is 0.104. The van der Waals surface area contributed by atoms with Gasteiger partial charge in [-0.3, -0.25) is 0 Å². The number of anilines is 2. The average molecular weight is 905 g/mol. The van der Waals surface area contributed by atoms with Crippen LogP contribution in [0.25, 0.3) is 0 Å². The Kier molecular flexibility index (Phi) is 16.3. The van der Waals surface area contributed by atoms with Crippen LogP contribution < -0.4 is 20.9 Å². The number of unbranched alkanes of at least 4 members (excludes halogenated alkanes) is 2. The fraction of sp³-hybridized carbons (Fsp3) is 0.520. The van der Waals surface area contributed by atoms with E-state index in [0.717, 1.165) is 61.6 Å². The average Bonchev–Trinajstić information content (AvgIpc) is 3.41. The van der Waals surface area contributed by atoms with E-state index in [1.807, 2.05) is 61.5 Å². The van der Waals surface area contributed by atoms with E-state index in [1.165, 1.54) is 0 Å². The molecule has 4 aromatic carbocycles. The molecule has 0 aliphatic carbocycles. The first-order valence-electron chi connectivity index (χ1n) is 22.7. The SMILES string of the molecule is CCCC[C@@]1(CC)C[C@H](c2ccc(OCCOCCOCCOc3ccc([C@H]4c5cc(N)ccc5S(=O)(=O)C[C@](CC)(CCCC)[C@H]4O)cc3)cc2)c2cc(N)ccc2S(=O)(=O)C1. The van der Waals surface area contributed by atoms with Crippen LogP contribution in [0.4, 0.5) is 11.4 Å². The number of sulfone groups is 2. The molecule has 4 aromatic rings. The van der Waals surface area contributed by atoms with Crippen molar-refractivity contribution in [2.24, 2.45) is 10.8 Å². The van der Waals surface area contributed by atoms with Crippen LogP contribution in [0.3, 0.4) is 0 Å². The fourth-order valence-electron chi connectivity index (χ4n) is 9.74. The predicted octanol–water partition coefficient (Wildman–Crippen LogP) is 9.10. The summed E-state index contributed by atoms with van der Waals surface area (Å²) in [4.78, 5) is 0.627. The number of ether oxygens (including phenoxy) is 4. The van der Waals surface area contributed by atoms with Crippen molar-refractivity contribution in [3.05, 3.63) is 107 Å². The highest BCUT2D eigenvalue weighted by molar-refractivity contribution is 7.91. The van der Waals surface area contributed by atoms with Gasteiger partial charge in [0.15, 0.2) is 19.7 Å². The van der Waals surface area contributed by atoms with E-state index in [0.29, 0.717) is 85.8 Å². The Bertz CT molecular complexity index is 2340. The number of hydrogen-bond donors (Lipinski definition) is 3. The molecule has 0 unspecified atom stereocenters. The van der Waals surface area contributed by atoms with Crippen molar-refractivity contribution in [2.45, 2.75) is 113 Å². The summed E-state index contributed by atoms with van der Waals surface area (Å²) < 4.78 is 78.4. The highest BCUT2D eigenvalue weighted by Gasteiger charge is 2.49. The fourth-order valence-corrected chi connectivity index (χ4v) is 14.3. The van der Waals surface area contributed by atoms with Gasteiger partial charge >= 0.3 is 0 Å². The number of aliphatic hydroxyl groups excluding tert-OH is 1. The van der Waals surface area contributed by atoms with Crippen molar-refractivity contribution >= 4 is 31.0 Å². The molecule has 0 fully saturated rings. The zero-order valence-corrected chi connectivity index (χ0v) is 39.2. The molecule has 0 spiro atoms. The molecule has 0 aromatic heterocycles. The van der Waals surface area contributed by atoms with Gasteiger partial charge in [-0.1, -0.05) is 77.6 Å². The molecule has 6 rings (SSSR count). The standard InChI is InChI=1S/C50H68N2O9S2/c1-5-9-23-49(7-3)33-44(42-31-38(51)15-21-45(42)62(54,55)34-49)36-11-17-40(18-12-36)60-29-27-58-25-26-59-28-30-61-41-19-13-37(14-20-41)47-43-32-39(52)16-22-46(43)63(56,57)35-50(8-4,48(47)53)24-10-6-2/h11-22,31-32,44,47-48,53H,5-10,23-30,33-35,51-52H2,1-4H3/t44-,47+,48+,49+,50+/m1/s1. The number of benzene rings is 4. The van der Waals surface area contributed by atoms with Crippen LogP contribution in [-0.4, -0.2) is 79.2 Å². The molecule has 2 aliphatic rings. The van der Waals surface area contributed by atoms with Gasteiger partial charge in [0.1, 0.15) is 24.7 Å². The van der Waals surface area contributed by atoms with E-state index in [4.69, 9.17) is 30.4 Å². The zero-order valence-electron chi connectivity index (χ0n) is 37.5. The topological polar surface area (TPSA) is 177 Å². The summed E-state index contributed by atoms with van der Waals surface area (Å²) >= 11 is 0. The summed E-state index contributed by atoms with van der Waals surface area (Å²) in [5, 5.41) is 12.1. The molecule has 0 amide bonds. The molecule has 5 atom stereocenters. The lowest BCUT2D eigenvalue weighted by molar-refractivity contribution is 0.0174. The Hall–Kier alpha value is -4.14. The van der Waals surface area contributed by atoms with E-state index >= 15 is 0 Å². The van der Waals surface area contributed by atoms with Crippen LogP contribution in [0.1, 0.15) is 120 Å². The third-order valence-electron chi connectivity index (χ3n) is 13.4. The molecule has 344 valence electrons. The molecule has 63 heavy (non-hydrogen) atoms. The minimum Gasteiger partial charge on any atom is -0.491 e. The molecular formula is C50H68N2O9S2. The lowest BCUT2D eigenvalue weighted by Gasteiger charge is -2.39. The highest BCUT2D eigenvalue weighted by atomic mass is 32.2. The van der Waals surface area contributed by atoms with Gasteiger partial charge in [0.2, 0.25) is 0 Å². The maximum Gasteiger partial charge on any atom is 0.179 e. The van der Waals surface area contributed by atoms with Gasteiger partial charge in [-0.15, -0.1) is 0 Å². The molecular weight excluding hydrogens is 837 g/mol. The third-order valence-corrected chi connectivity index (χ3v) is 17.5. The summed E-state index contributed by atoms with van der Waals surface area (Å²) in [6.45, 7) is 10.5. The molecule has 11 nitrogen and oxygen atoms in total. The Morgan fingerprint density at radius 1 is 0.603 bits per heavy atom. The second-order valence-corrected chi connectivity index (χ2v) is 21.5. The second-order valence-electron chi connectivity index (χ2n) is 17.6. The molecule has 0 saturated heterocycles. The molecule has 2 aliphatic heterocycles. The largest absolute Gasteiger partial charge is 0.491 e. The van der Waals surface area contributed by atoms with Crippen LogP contribution in [-0.2, 0) is 29.1 Å². The number of hydrogen-bond acceptors (Lipinski definition) is 11. The predicted molar refractivity (Wildman–Crippen MR) is 250 cm³/mol. The number of rotatable bonds is 21. The Balaban J connectivity index is 0.959. The van der Waals surface area contributed by atoms with Crippen molar-refractivity contribution < 1.29 is 40.9 Å². The van der Waals surface area contributed by atoms with Crippen LogP contribution in [0.2, 0.25) is 0 Å². The van der Waals surface area contributed by atoms with Crippen molar-refractivity contribution in [3.63, 3.8) is 0 Å². The smallest absolute Gasteiger partial charge is 0.179 e. The normalized spacial score (nSPS) is 23.8. The first-order valence-corrected chi connectivity index (χ1v) is 26.0. The molecule has 0 saturated carbocycles. The molecule has 5 N–H and O–H groups in total. The molecule has 0 radical (unpaired) electrons. The highest BCUT2D eigenvalue weighted by Crippen LogP contribution is 2.51. The Morgan fingerprint density at radius 2 is 1.10 bits per heavy atom. The molecule has 13 heteroatoms. The van der Waals surface area contributed by atoms with E-state index in [9.17, 15) is 21.9 Å². The van der Waals surface area contributed by atoms with Gasteiger partial charge in [0, 0.05) is 28.6 Å². The Labute approximate surface area is 375 Å². The third kappa shape index (κ3) is 11.4. The summed E-state index contributed by atoms with van der Waals surface area (Å²) in [6, 6.07) is 25.5. The first kappa shape index (κ1) is 48.3. The van der Waals surface area contributed by atoms with Crippen molar-refractivity contribution in [2.75, 3.05) is 62.6 Å². The van der Waals surface area contributed by atoms with Gasteiger partial charge in [0.05, 0.1) is 53.8 Å². The van der Waals surface area contributed by atoms with E-state index in [2.05, 4.69) is 20.8 Å². The number of nitrogens with two attached hydrogens (primary N) is 2. The maximum atomic E-state index is 13.8. The van der Waals surface area contributed by atoms with E-state index < -0.39 is 37.1 Å². The van der Waals surface area contributed by atoms with Crippen molar-refractivity contribution in [3.8, 4) is 11.5 Å². The van der Waals surface area contributed by atoms with E-state index in [-0.39, 0.29) is 27.7 Å². The van der Waals surface area contributed by atoms with Gasteiger partial charge in [0.25, 0.3) is 0 Å². The number of nitrogen functional groups attached to an aromatic ring is 2. The summed E-state index contributed by atoms with van der Waals surface area (Å²) in [5.74, 6) is 0.716. The van der Waals surface area contributed by atoms with Crippen molar-refractivity contribution in [1.29, 1.82) is 0 Å². The molecule has 0 bridgehead atoms. The second kappa shape index (κ2) is 21.2. The lowest BCUT2D eigenvalue weighted by atomic mass is 9.69. The zero-order chi connectivity index (χ0) is 45.3. The van der Waals surface area contributed by atoms with E-state index in [1.54, 1.807) is 30.3 Å². The number of fused-ring (bicyclic) bond motifs is 2. The first-order chi connectivity index (χ1) is 30.2. The minimum atomic E-state index is -3.67. The van der Waals surface area contributed by atoms with Crippen LogP contribution >= 0.6 is 0 Å². The van der Waals surface area contributed by atoms with Gasteiger partial charge in [-0.2, -0.15) is 0 Å². The monoisotopic (exact) mass is 904 g/mol. The van der Waals surface area contributed by atoms with Gasteiger partial charge in [-0.05, 0) is 120 Å². The summed E-state index contributed by atoms with van der Waals surface area (Å²) in [6.07, 6.45) is 6.36. The lowest BCUT2D eigenvalue weighted by Crippen LogP contribution is -2.42. The number of aliphatic hydroxyl groups is 1. The van der Waals surface area contributed by atoms with Crippen LogP contribution in [0.15, 0.2) is 94.7 Å². The van der Waals surface area contributed by atoms with Gasteiger partial charge in [-0.25, -0.2) is 16.8 Å². The quantitative estimate of drug-likeness (QED) is 0.0537. The maximum absolute atomic E-state index is 13.8. The van der Waals surface area contributed by atoms with Crippen LogP contribution in [0.5, 0.6) is 11.5 Å². The van der Waals surface area contributed by atoms with Gasteiger partial charge < -0.3 is 35.5 Å².